The molecule has 0 rings (SSSR count). The number of nitrogens with zero attached hydrogens (tertiary/aromatic N) is 2. The Bertz CT molecular complexity index is 465. The van der Waals surface area contributed by atoms with Gasteiger partial charge in [-0.2, -0.15) is 18.9 Å². The van der Waals surface area contributed by atoms with Gasteiger partial charge < -0.3 is 0 Å². The summed E-state index contributed by atoms with van der Waals surface area (Å²) >= 11 is 0. The minimum absolute atomic E-state index is 0.00695. The van der Waals surface area contributed by atoms with Gasteiger partial charge in [-0.15, -0.1) is 10.3 Å². The number of hydrogen-bond acceptors (Lipinski definition) is 5. The molecule has 0 aliphatic carbocycles. The van der Waals surface area contributed by atoms with Gasteiger partial charge in [0.1, 0.15) is 17.7 Å². The van der Waals surface area contributed by atoms with E-state index in [1.807, 2.05) is 6.92 Å². The molecule has 0 aromatic carbocycles. The second-order valence-corrected chi connectivity index (χ2v) is 9.40. The average Bonchev–Trinajstić information content (AvgIpc) is 2.26. The van der Waals surface area contributed by atoms with Crippen LogP contribution in [0.3, 0.4) is 0 Å². The zero-order valence-electron chi connectivity index (χ0n) is 10.8. The first-order valence-corrected chi connectivity index (χ1v) is 9.53. The monoisotopic (exact) mass is 290 g/mol. The summed E-state index contributed by atoms with van der Waals surface area (Å²) in [6, 6.07) is 3.46. The third-order valence-corrected chi connectivity index (χ3v) is 6.03. The quantitative estimate of drug-likeness (QED) is 0.669. The normalized spacial score (nSPS) is 12.3. The summed E-state index contributed by atoms with van der Waals surface area (Å²) in [5.74, 6) is 0.280. The van der Waals surface area contributed by atoms with Crippen molar-refractivity contribution in [3.63, 3.8) is 0 Å². The highest BCUT2D eigenvalue weighted by Gasteiger charge is 2.21. The number of rotatable bonds is 7. The Morgan fingerprint density at radius 3 is 2.28 bits per heavy atom. The van der Waals surface area contributed by atoms with Crippen LogP contribution in [0.4, 0.5) is 0 Å². The highest BCUT2D eigenvalue weighted by Crippen LogP contribution is 2.43. The van der Waals surface area contributed by atoms with Crippen molar-refractivity contribution in [2.75, 3.05) is 24.0 Å². The Morgan fingerprint density at radius 2 is 1.83 bits per heavy atom. The molecule has 0 spiro atoms. The predicted octanol–water partition coefficient (Wildman–Crippen LogP) is 2.09. The van der Waals surface area contributed by atoms with Crippen molar-refractivity contribution in [2.24, 2.45) is 0 Å². The van der Waals surface area contributed by atoms with E-state index in [2.05, 4.69) is 0 Å². The molecule has 7 heteroatoms. The van der Waals surface area contributed by atoms with Crippen LogP contribution in [0.25, 0.3) is 0 Å². The lowest BCUT2D eigenvalue weighted by Gasteiger charge is -2.28. The number of unbranched alkanes of at least 4 members (excludes halogenated alkanes) is 1. The summed E-state index contributed by atoms with van der Waals surface area (Å²) < 4.78 is 28.4. The summed E-state index contributed by atoms with van der Waals surface area (Å²) in [7, 11) is -5.37. The molecular weight excluding hydrogens is 272 g/mol. The first kappa shape index (κ1) is 17.0. The predicted molar refractivity (Wildman–Crippen MR) is 73.4 cm³/mol. The fourth-order valence-corrected chi connectivity index (χ4v) is 5.01. The second kappa shape index (κ2) is 7.42. The third-order valence-electron chi connectivity index (χ3n) is 1.97. The van der Waals surface area contributed by atoms with E-state index in [1.165, 1.54) is 6.08 Å². The Kier molecular flexibility index (Phi) is 7.00. The van der Waals surface area contributed by atoms with Gasteiger partial charge in [-0.3, -0.25) is 0 Å². The molecule has 18 heavy (non-hydrogen) atoms. The van der Waals surface area contributed by atoms with Crippen LogP contribution in [-0.4, -0.2) is 32.4 Å². The van der Waals surface area contributed by atoms with Crippen LogP contribution in [0.15, 0.2) is 11.6 Å². The highest BCUT2D eigenvalue weighted by atomic mass is 32.3. The molecule has 0 aromatic rings. The summed E-state index contributed by atoms with van der Waals surface area (Å²) in [4.78, 5) is 0. The maximum atomic E-state index is 11.6. The Labute approximate surface area is 111 Å². The molecule has 0 atom stereocenters. The number of hydrogen-bond donors (Lipinski definition) is 0. The average molecular weight is 290 g/mol. The molecule has 0 N–H and O–H groups in total. The molecule has 0 aliphatic heterocycles. The van der Waals surface area contributed by atoms with Crippen LogP contribution >= 0.6 is 10.3 Å². The van der Waals surface area contributed by atoms with Gasteiger partial charge in [0.25, 0.3) is 10.1 Å². The first-order valence-electron chi connectivity index (χ1n) is 5.41. The van der Waals surface area contributed by atoms with Crippen molar-refractivity contribution in [1.29, 1.82) is 10.5 Å². The number of nitriles is 2. The lowest BCUT2D eigenvalue weighted by Crippen LogP contribution is -2.15. The lowest BCUT2D eigenvalue weighted by molar-refractivity contribution is 0.509. The van der Waals surface area contributed by atoms with E-state index in [9.17, 15) is 8.42 Å². The van der Waals surface area contributed by atoms with E-state index >= 15 is 0 Å². The van der Waals surface area contributed by atoms with E-state index in [0.717, 1.165) is 6.42 Å². The van der Waals surface area contributed by atoms with Crippen LogP contribution in [0.5, 0.6) is 0 Å². The number of allylic oxidation sites excluding steroid dienone is 1. The fraction of sp³-hybridized carbons (Fsp3) is 0.636. The minimum Gasteiger partial charge on any atom is -0.220 e. The molecule has 0 aromatic heterocycles. The molecule has 0 radical (unpaired) electrons. The summed E-state index contributed by atoms with van der Waals surface area (Å²) in [6.45, 7) is 1.91. The largest absolute Gasteiger partial charge is 0.276 e. The van der Waals surface area contributed by atoms with Gasteiger partial charge >= 0.3 is 0 Å². The van der Waals surface area contributed by atoms with Gasteiger partial charge in [-0.05, 0) is 25.0 Å². The van der Waals surface area contributed by atoms with Gasteiger partial charge in [-0.25, -0.2) is 3.63 Å². The third kappa shape index (κ3) is 7.33. The van der Waals surface area contributed by atoms with Gasteiger partial charge in [0.2, 0.25) is 0 Å². The van der Waals surface area contributed by atoms with Crippen molar-refractivity contribution in [3.05, 3.63) is 11.6 Å². The maximum absolute atomic E-state index is 11.6. The summed E-state index contributed by atoms with van der Waals surface area (Å²) in [5, 5.41) is 17.2. The van der Waals surface area contributed by atoms with E-state index in [-0.39, 0.29) is 17.1 Å². The van der Waals surface area contributed by atoms with Crippen molar-refractivity contribution in [3.8, 4) is 12.1 Å². The molecule has 102 valence electrons. The minimum atomic E-state index is -3.52. The van der Waals surface area contributed by atoms with Crippen LogP contribution in [0, 0.1) is 22.7 Å². The molecule has 0 saturated carbocycles. The molecule has 0 unspecified atom stereocenters. The first-order chi connectivity index (χ1) is 8.26. The molecule has 0 bridgehead atoms. The maximum Gasteiger partial charge on any atom is 0.276 e. The standard InChI is InChI=1S/C11H18N2O3S2/c1-4-5-7-18(14,15)16-17(2,3)8-6-11(9-12)10-13/h6H,4-5,7-8H2,1-3H3. The van der Waals surface area contributed by atoms with Gasteiger partial charge in [-0.1, -0.05) is 13.3 Å². The van der Waals surface area contributed by atoms with Gasteiger partial charge in [0, 0.05) is 5.75 Å². The van der Waals surface area contributed by atoms with Crippen molar-refractivity contribution in [2.45, 2.75) is 19.8 Å². The smallest absolute Gasteiger partial charge is 0.220 e. The molecular formula is C11H18N2O3S2. The molecule has 0 heterocycles. The van der Waals surface area contributed by atoms with Gasteiger partial charge in [0.05, 0.1) is 5.75 Å². The van der Waals surface area contributed by atoms with E-state index in [0.29, 0.717) is 6.42 Å². The fourth-order valence-electron chi connectivity index (χ4n) is 1.06. The van der Waals surface area contributed by atoms with Crippen molar-refractivity contribution in [1.82, 2.24) is 0 Å². The molecule has 0 fully saturated rings. The topological polar surface area (TPSA) is 90.9 Å². The van der Waals surface area contributed by atoms with Crippen LogP contribution in [0.2, 0.25) is 0 Å². The SMILES string of the molecule is CCCCS(=O)(=O)OS(C)(C)CC=C(C#N)C#N. The molecule has 0 amide bonds. The van der Waals surface area contributed by atoms with Crippen LogP contribution in [0.1, 0.15) is 19.8 Å². The van der Waals surface area contributed by atoms with Crippen LogP contribution in [-0.2, 0) is 13.7 Å². The second-order valence-electron chi connectivity index (χ2n) is 4.13. The van der Waals surface area contributed by atoms with Crippen LogP contribution < -0.4 is 0 Å². The van der Waals surface area contributed by atoms with E-state index in [1.54, 1.807) is 24.6 Å². The van der Waals surface area contributed by atoms with Gasteiger partial charge in [0.15, 0.2) is 0 Å². The zero-order chi connectivity index (χ0) is 14.2. The molecule has 0 saturated heterocycles. The van der Waals surface area contributed by atoms with Crippen molar-refractivity contribution >= 4 is 20.4 Å². The Balaban J connectivity index is 4.64. The highest BCUT2D eigenvalue weighted by molar-refractivity contribution is 8.32. The lowest BCUT2D eigenvalue weighted by atomic mass is 10.3. The Hall–Kier alpha value is -1.02. The van der Waals surface area contributed by atoms with E-state index in [4.69, 9.17) is 14.2 Å². The molecule has 5 nitrogen and oxygen atoms in total. The Morgan fingerprint density at radius 1 is 1.28 bits per heavy atom. The summed E-state index contributed by atoms with van der Waals surface area (Å²) in [6.07, 6.45) is 6.16. The zero-order valence-corrected chi connectivity index (χ0v) is 12.5. The summed E-state index contributed by atoms with van der Waals surface area (Å²) in [5.41, 5.74) is -0.0230. The van der Waals surface area contributed by atoms with Crippen molar-refractivity contribution < 1.29 is 12.0 Å². The molecule has 0 aliphatic rings. The van der Waals surface area contributed by atoms with E-state index < -0.39 is 20.4 Å².